The summed E-state index contributed by atoms with van der Waals surface area (Å²) >= 11 is 0. The van der Waals surface area contributed by atoms with Crippen molar-refractivity contribution in [1.29, 1.82) is 0 Å². The highest BCUT2D eigenvalue weighted by molar-refractivity contribution is 6.01. The highest BCUT2D eigenvalue weighted by Gasteiger charge is 2.08. The topological polar surface area (TPSA) is 69.2 Å². The Labute approximate surface area is 153 Å². The number of ether oxygens (including phenoxy) is 3. The monoisotopic (exact) mass is 356 g/mol. The van der Waals surface area contributed by atoms with Crippen molar-refractivity contribution >= 4 is 11.6 Å². The first-order valence-corrected chi connectivity index (χ1v) is 8.32. The van der Waals surface area contributed by atoms with Crippen LogP contribution in [0.15, 0.2) is 47.6 Å². The fourth-order valence-electron chi connectivity index (χ4n) is 2.40. The lowest BCUT2D eigenvalue weighted by atomic mass is 10.1. The minimum atomic E-state index is -0.280. The molecule has 6 heteroatoms. The number of amides is 1. The van der Waals surface area contributed by atoms with Crippen molar-refractivity contribution in [2.75, 3.05) is 20.8 Å². The molecule has 0 fully saturated rings. The number of hydrogen-bond acceptors (Lipinski definition) is 5. The van der Waals surface area contributed by atoms with E-state index in [0.717, 1.165) is 22.6 Å². The zero-order chi connectivity index (χ0) is 18.9. The lowest BCUT2D eigenvalue weighted by Gasteiger charge is -2.10. The molecule has 0 radical (unpaired) electrons. The van der Waals surface area contributed by atoms with E-state index in [2.05, 4.69) is 10.5 Å². The van der Waals surface area contributed by atoms with Crippen LogP contribution in [-0.4, -0.2) is 32.4 Å². The molecule has 1 N–H and O–H groups in total. The lowest BCUT2D eigenvalue weighted by Crippen LogP contribution is -2.19. The Hall–Kier alpha value is -2.86. The fourth-order valence-corrected chi connectivity index (χ4v) is 2.40. The number of carbonyl (C=O) groups is 1. The van der Waals surface area contributed by atoms with Gasteiger partial charge in [0.05, 0.1) is 26.0 Å². The molecule has 0 saturated heterocycles. The summed E-state index contributed by atoms with van der Waals surface area (Å²) in [6.07, 6.45) is 0. The molecule has 0 aromatic heterocycles. The molecule has 0 atom stereocenters. The van der Waals surface area contributed by atoms with Gasteiger partial charge in [0.15, 0.2) is 0 Å². The average molecular weight is 356 g/mol. The zero-order valence-electron chi connectivity index (χ0n) is 15.5. The van der Waals surface area contributed by atoms with Gasteiger partial charge in [-0.1, -0.05) is 0 Å². The van der Waals surface area contributed by atoms with E-state index in [1.807, 2.05) is 32.0 Å². The van der Waals surface area contributed by atoms with Crippen LogP contribution in [0, 0.1) is 0 Å². The third kappa shape index (κ3) is 5.07. The van der Waals surface area contributed by atoms with Crippen molar-refractivity contribution < 1.29 is 19.0 Å². The fraction of sp³-hybridized carbons (Fsp3) is 0.300. The van der Waals surface area contributed by atoms with Crippen LogP contribution in [0.1, 0.15) is 35.3 Å². The van der Waals surface area contributed by atoms with Crippen LogP contribution in [0.3, 0.4) is 0 Å². The third-order valence-corrected chi connectivity index (χ3v) is 3.75. The molecule has 0 heterocycles. The molecule has 1 amide bonds. The molecular weight excluding hydrogens is 332 g/mol. The maximum Gasteiger partial charge on any atom is 0.271 e. The summed E-state index contributed by atoms with van der Waals surface area (Å²) in [5, 5.41) is 4.19. The molecule has 0 bridgehead atoms. The summed E-state index contributed by atoms with van der Waals surface area (Å²) in [6, 6.07) is 12.6. The Morgan fingerprint density at radius 3 is 2.38 bits per heavy atom. The second-order valence-corrected chi connectivity index (χ2v) is 5.56. The Kier molecular flexibility index (Phi) is 7.17. The van der Waals surface area contributed by atoms with Gasteiger partial charge in [-0.05, 0) is 61.9 Å². The molecule has 0 spiro atoms. The van der Waals surface area contributed by atoms with E-state index in [9.17, 15) is 4.79 Å². The van der Waals surface area contributed by atoms with E-state index in [0.29, 0.717) is 24.5 Å². The molecule has 6 nitrogen and oxygen atoms in total. The molecule has 0 aliphatic carbocycles. The predicted octanol–water partition coefficient (Wildman–Crippen LogP) is 3.39. The Bertz CT molecular complexity index is 770. The number of nitrogens with zero attached hydrogens (tertiary/aromatic N) is 1. The van der Waals surface area contributed by atoms with Gasteiger partial charge in [-0.3, -0.25) is 4.79 Å². The molecule has 138 valence electrons. The van der Waals surface area contributed by atoms with Gasteiger partial charge in [-0.2, -0.15) is 5.10 Å². The molecule has 0 aliphatic rings. The summed E-state index contributed by atoms with van der Waals surface area (Å²) < 4.78 is 15.9. The van der Waals surface area contributed by atoms with Crippen molar-refractivity contribution in [3.05, 3.63) is 59.2 Å². The summed E-state index contributed by atoms with van der Waals surface area (Å²) in [5.74, 6) is 1.20. The first kappa shape index (κ1) is 19.5. The summed E-state index contributed by atoms with van der Waals surface area (Å²) in [6.45, 7) is 4.76. The summed E-state index contributed by atoms with van der Waals surface area (Å²) in [7, 11) is 3.25. The Morgan fingerprint density at radius 1 is 1.08 bits per heavy atom. The maximum absolute atomic E-state index is 12.2. The van der Waals surface area contributed by atoms with Crippen molar-refractivity contribution in [2.45, 2.75) is 20.5 Å². The Balaban J connectivity index is 2.09. The second kappa shape index (κ2) is 9.58. The minimum Gasteiger partial charge on any atom is -0.496 e. The first-order valence-electron chi connectivity index (χ1n) is 8.32. The average Bonchev–Trinajstić information content (AvgIpc) is 2.67. The molecule has 0 unspecified atom stereocenters. The van der Waals surface area contributed by atoms with Crippen LogP contribution >= 0.6 is 0 Å². The molecule has 2 aromatic carbocycles. The number of hydrogen-bond donors (Lipinski definition) is 1. The van der Waals surface area contributed by atoms with Gasteiger partial charge >= 0.3 is 0 Å². The van der Waals surface area contributed by atoms with Crippen LogP contribution in [0.5, 0.6) is 11.5 Å². The van der Waals surface area contributed by atoms with E-state index in [1.54, 1.807) is 38.5 Å². The van der Waals surface area contributed by atoms with Crippen molar-refractivity contribution in [2.24, 2.45) is 5.10 Å². The Morgan fingerprint density at radius 2 is 1.77 bits per heavy atom. The van der Waals surface area contributed by atoms with Crippen molar-refractivity contribution in [1.82, 2.24) is 5.43 Å². The lowest BCUT2D eigenvalue weighted by molar-refractivity contribution is 0.0955. The van der Waals surface area contributed by atoms with E-state index in [-0.39, 0.29) is 5.91 Å². The smallest absolute Gasteiger partial charge is 0.271 e. The molecular formula is C20H24N2O4. The highest BCUT2D eigenvalue weighted by Crippen LogP contribution is 2.21. The van der Waals surface area contributed by atoms with E-state index >= 15 is 0 Å². The highest BCUT2D eigenvalue weighted by atomic mass is 16.5. The number of nitrogens with one attached hydrogen (secondary N) is 1. The van der Waals surface area contributed by atoms with Gasteiger partial charge in [-0.15, -0.1) is 0 Å². The van der Waals surface area contributed by atoms with Crippen molar-refractivity contribution in [3.8, 4) is 11.5 Å². The SMILES string of the molecule is CCOc1ccc(C(=O)N/N=C(/C)c2ccc(OC)c(COC)c2)cc1. The van der Waals surface area contributed by atoms with Gasteiger partial charge in [0.25, 0.3) is 5.91 Å². The van der Waals surface area contributed by atoms with Gasteiger partial charge in [-0.25, -0.2) is 5.43 Å². The summed E-state index contributed by atoms with van der Waals surface area (Å²) in [4.78, 5) is 12.2. The minimum absolute atomic E-state index is 0.280. The first-order chi connectivity index (χ1) is 12.6. The quantitative estimate of drug-likeness (QED) is 0.581. The predicted molar refractivity (Wildman–Crippen MR) is 101 cm³/mol. The number of methoxy groups -OCH3 is 2. The summed E-state index contributed by atoms with van der Waals surface area (Å²) in [5.41, 5.74) is 5.57. The van der Waals surface area contributed by atoms with E-state index in [1.165, 1.54) is 0 Å². The van der Waals surface area contributed by atoms with Gasteiger partial charge in [0, 0.05) is 18.2 Å². The van der Waals surface area contributed by atoms with Gasteiger partial charge in [0.1, 0.15) is 11.5 Å². The molecule has 2 aromatic rings. The van der Waals surface area contributed by atoms with Gasteiger partial charge < -0.3 is 14.2 Å². The van der Waals surface area contributed by atoms with Crippen LogP contribution in [0.4, 0.5) is 0 Å². The van der Waals surface area contributed by atoms with Crippen LogP contribution in [0.2, 0.25) is 0 Å². The van der Waals surface area contributed by atoms with Gasteiger partial charge in [0.2, 0.25) is 0 Å². The number of carbonyl (C=O) groups excluding carboxylic acids is 1. The maximum atomic E-state index is 12.2. The van der Waals surface area contributed by atoms with E-state index in [4.69, 9.17) is 14.2 Å². The largest absolute Gasteiger partial charge is 0.496 e. The zero-order valence-corrected chi connectivity index (χ0v) is 15.5. The third-order valence-electron chi connectivity index (χ3n) is 3.75. The van der Waals surface area contributed by atoms with Crippen LogP contribution < -0.4 is 14.9 Å². The van der Waals surface area contributed by atoms with E-state index < -0.39 is 0 Å². The van der Waals surface area contributed by atoms with Crippen molar-refractivity contribution in [3.63, 3.8) is 0 Å². The normalized spacial score (nSPS) is 11.2. The second-order valence-electron chi connectivity index (χ2n) is 5.56. The number of hydrazone groups is 1. The van der Waals surface area contributed by atoms with Crippen LogP contribution in [0.25, 0.3) is 0 Å². The molecule has 26 heavy (non-hydrogen) atoms. The number of benzene rings is 2. The van der Waals surface area contributed by atoms with Crippen LogP contribution in [-0.2, 0) is 11.3 Å². The number of rotatable bonds is 8. The molecule has 2 rings (SSSR count). The molecule has 0 aliphatic heterocycles. The molecule has 0 saturated carbocycles. The standard InChI is InChI=1S/C20H24N2O4/c1-5-26-18-9-6-15(7-10-18)20(23)22-21-14(2)16-8-11-19(25-4)17(12-16)13-24-3/h6-12H,5,13H2,1-4H3,(H,22,23)/b21-14-.